The molecule has 2 bridgehead atoms. The van der Waals surface area contributed by atoms with E-state index in [1.54, 1.807) is 32.5 Å². The van der Waals surface area contributed by atoms with Crippen LogP contribution in [-0.4, -0.2) is 74.4 Å². The van der Waals surface area contributed by atoms with Crippen LogP contribution in [0.4, 0.5) is 11.5 Å². The molecule has 0 aliphatic carbocycles. The zero-order valence-electron chi connectivity index (χ0n) is 18.1. The predicted octanol–water partition coefficient (Wildman–Crippen LogP) is -0.0166. The summed E-state index contributed by atoms with van der Waals surface area (Å²) in [6.07, 6.45) is 5.11. The molecule has 2 aliphatic heterocycles. The lowest BCUT2D eigenvalue weighted by atomic mass is 10.2. The number of nitrogens with zero attached hydrogens (tertiary/aromatic N) is 4. The molecule has 1 aromatic carbocycles. The Labute approximate surface area is 185 Å². The highest BCUT2D eigenvalue weighted by molar-refractivity contribution is 5.78. The molecular weight excluding hydrogens is 412 g/mol. The summed E-state index contributed by atoms with van der Waals surface area (Å²) >= 11 is 0. The Morgan fingerprint density at radius 3 is 3.03 bits per heavy atom. The first-order chi connectivity index (χ1) is 15.7. The lowest BCUT2D eigenvalue weighted by Crippen LogP contribution is -2.33. The maximum atomic E-state index is 12.5. The van der Waals surface area contributed by atoms with E-state index < -0.39 is 0 Å². The predicted molar refractivity (Wildman–Crippen MR) is 118 cm³/mol. The monoisotopic (exact) mass is 438 g/mol. The van der Waals surface area contributed by atoms with Crippen LogP contribution in [0.5, 0.6) is 11.5 Å². The molecule has 0 unspecified atom stereocenters. The minimum absolute atomic E-state index is 0.127. The summed E-state index contributed by atoms with van der Waals surface area (Å²) in [5.41, 5.74) is 2.52. The second-order valence-electron chi connectivity index (χ2n) is 7.28. The number of rotatable bonds is 4. The van der Waals surface area contributed by atoms with Crippen LogP contribution in [0.25, 0.3) is 5.57 Å². The minimum atomic E-state index is -0.179. The van der Waals surface area contributed by atoms with Gasteiger partial charge in [0.15, 0.2) is 23.6 Å². The molecule has 10 nitrogen and oxygen atoms in total. The number of fused-ring (bicyclic) bond motifs is 2. The van der Waals surface area contributed by atoms with Crippen LogP contribution in [0.3, 0.4) is 0 Å². The van der Waals surface area contributed by atoms with Gasteiger partial charge in [-0.3, -0.25) is 9.79 Å². The van der Waals surface area contributed by atoms with Crippen molar-refractivity contribution in [3.63, 3.8) is 0 Å². The van der Waals surface area contributed by atoms with E-state index in [0.717, 1.165) is 16.5 Å². The second kappa shape index (κ2) is 10.2. The number of methoxy groups -OCH3 is 1. The highest BCUT2D eigenvalue weighted by Crippen LogP contribution is 2.31. The van der Waals surface area contributed by atoms with Crippen LogP contribution in [0.2, 0.25) is 0 Å². The average Bonchev–Trinajstić information content (AvgIpc) is 3.22. The first-order valence-electron chi connectivity index (χ1n) is 10.3. The quantitative estimate of drug-likeness (QED) is 0.641. The Hall–Kier alpha value is -3.50. The van der Waals surface area contributed by atoms with E-state index in [1.807, 2.05) is 12.1 Å². The highest BCUT2D eigenvalue weighted by Gasteiger charge is 2.15. The number of carbonyl (C=O) groups is 1. The van der Waals surface area contributed by atoms with Crippen molar-refractivity contribution in [2.45, 2.75) is 0 Å². The van der Waals surface area contributed by atoms with Crippen molar-refractivity contribution in [3.8, 4) is 11.5 Å². The summed E-state index contributed by atoms with van der Waals surface area (Å²) in [5, 5.41) is 7.60. The van der Waals surface area contributed by atoms with Gasteiger partial charge in [-0.05, 0) is 17.7 Å². The summed E-state index contributed by atoms with van der Waals surface area (Å²) in [7, 11) is 3.31. The lowest BCUT2D eigenvalue weighted by molar-refractivity contribution is -0.129. The molecule has 32 heavy (non-hydrogen) atoms. The molecule has 168 valence electrons. The fraction of sp³-hybridized carbons (Fsp3) is 0.364. The van der Waals surface area contributed by atoms with Gasteiger partial charge in [-0.15, -0.1) is 0 Å². The smallest absolute Gasteiger partial charge is 0.264 e. The van der Waals surface area contributed by atoms with Crippen molar-refractivity contribution in [2.75, 3.05) is 58.9 Å². The van der Waals surface area contributed by atoms with Crippen molar-refractivity contribution in [3.05, 3.63) is 47.5 Å². The summed E-state index contributed by atoms with van der Waals surface area (Å²) in [4.78, 5) is 27.2. The third kappa shape index (κ3) is 5.04. The molecule has 0 atom stereocenters. The Kier molecular flexibility index (Phi) is 6.93. The molecule has 0 spiro atoms. The molecule has 0 saturated carbocycles. The number of amides is 1. The Bertz CT molecular complexity index is 1130. The van der Waals surface area contributed by atoms with Gasteiger partial charge in [0.25, 0.3) is 5.91 Å². The third-order valence-corrected chi connectivity index (χ3v) is 5.03. The van der Waals surface area contributed by atoms with Gasteiger partial charge in [0.1, 0.15) is 18.8 Å². The number of nitrogens with one attached hydrogen (secondary N) is 2. The van der Waals surface area contributed by atoms with Crippen LogP contribution in [-0.2, 0) is 9.53 Å². The number of hydrogen-bond acceptors (Lipinski definition) is 9. The summed E-state index contributed by atoms with van der Waals surface area (Å²) in [5.74, 6) is 1.47. The maximum Gasteiger partial charge on any atom is 0.264 e. The van der Waals surface area contributed by atoms with Gasteiger partial charge in [0, 0.05) is 45.2 Å². The number of ether oxygens (including phenoxy) is 3. The van der Waals surface area contributed by atoms with Gasteiger partial charge < -0.3 is 29.7 Å². The van der Waals surface area contributed by atoms with Gasteiger partial charge in [-0.1, -0.05) is 6.08 Å². The zero-order chi connectivity index (χ0) is 22.3. The minimum Gasteiger partial charge on any atom is -0.487 e. The standard InChI is InChI=1S/C22H26N6O4/c1-28-7-3-6-23-11-15-12-24-21-20(15)22(26-14-25-21)27-16-4-5-17(31-9-8-30-2)18(10-16)32-13-19(28)29/h3-5,7,10,14,23H,6,8-9,11-13H2,1-2H3,(H,24,25,26,27)/b7-3-. The van der Waals surface area contributed by atoms with Crippen molar-refractivity contribution in [2.24, 2.45) is 4.99 Å². The first kappa shape index (κ1) is 21.7. The molecule has 0 radical (unpaired) electrons. The summed E-state index contributed by atoms with van der Waals surface area (Å²) < 4.78 is 16.7. The van der Waals surface area contributed by atoms with Crippen molar-refractivity contribution in [1.29, 1.82) is 0 Å². The maximum absolute atomic E-state index is 12.5. The van der Waals surface area contributed by atoms with Crippen LogP contribution in [0, 0.1) is 0 Å². The lowest BCUT2D eigenvalue weighted by Gasteiger charge is -2.17. The number of aromatic nitrogens is 2. The van der Waals surface area contributed by atoms with Crippen molar-refractivity contribution >= 4 is 23.0 Å². The van der Waals surface area contributed by atoms with Gasteiger partial charge >= 0.3 is 0 Å². The van der Waals surface area contributed by atoms with Gasteiger partial charge in [-0.25, -0.2) is 9.97 Å². The van der Waals surface area contributed by atoms with Crippen LogP contribution < -0.4 is 30.8 Å². The molecule has 2 N–H and O–H groups in total. The van der Waals surface area contributed by atoms with Gasteiger partial charge in [-0.2, -0.15) is 0 Å². The van der Waals surface area contributed by atoms with E-state index in [-0.39, 0.29) is 12.5 Å². The van der Waals surface area contributed by atoms with Crippen molar-refractivity contribution < 1.29 is 19.0 Å². The molecule has 0 fully saturated rings. The molecule has 3 heterocycles. The van der Waals surface area contributed by atoms with Crippen LogP contribution in [0.15, 0.2) is 41.8 Å². The number of anilines is 2. The molecule has 1 amide bonds. The molecule has 10 heteroatoms. The molecule has 0 saturated heterocycles. The normalized spacial score (nSPS) is 17.1. The number of likely N-dealkylation sites (N-methyl/N-ethyl adjacent to an activating group) is 1. The molecule has 2 aromatic rings. The Balaban J connectivity index is 1.71. The van der Waals surface area contributed by atoms with Crippen LogP contribution >= 0.6 is 0 Å². The topological polar surface area (TPSA) is 110 Å². The van der Waals surface area contributed by atoms with Gasteiger partial charge in [0.2, 0.25) is 0 Å². The third-order valence-electron chi connectivity index (χ3n) is 5.03. The SMILES string of the molecule is COCCOc1ccc2cc1OCC(=O)N(C)/C=C\CNCC1=c3c(ncnc3=NC1)N2. The van der Waals surface area contributed by atoms with Crippen molar-refractivity contribution in [1.82, 2.24) is 20.2 Å². The van der Waals surface area contributed by atoms with E-state index in [0.29, 0.717) is 55.7 Å². The molecule has 1 aromatic heterocycles. The van der Waals surface area contributed by atoms with E-state index in [9.17, 15) is 4.79 Å². The number of carbonyl (C=O) groups excluding carboxylic acids is 1. The van der Waals surface area contributed by atoms with E-state index in [2.05, 4.69) is 25.6 Å². The second-order valence-corrected chi connectivity index (χ2v) is 7.28. The first-order valence-corrected chi connectivity index (χ1v) is 10.3. The highest BCUT2D eigenvalue weighted by atomic mass is 16.5. The van der Waals surface area contributed by atoms with Gasteiger partial charge in [0.05, 0.1) is 18.4 Å². The summed E-state index contributed by atoms with van der Waals surface area (Å²) in [6.45, 7) is 2.49. The van der Waals surface area contributed by atoms with Crippen LogP contribution in [0.1, 0.15) is 0 Å². The Morgan fingerprint density at radius 2 is 2.16 bits per heavy atom. The molecule has 4 rings (SSSR count). The average molecular weight is 438 g/mol. The fourth-order valence-corrected chi connectivity index (χ4v) is 3.34. The number of hydrogen-bond donors (Lipinski definition) is 2. The fourth-order valence-electron chi connectivity index (χ4n) is 3.34. The summed E-state index contributed by atoms with van der Waals surface area (Å²) in [6, 6.07) is 5.45. The Morgan fingerprint density at radius 1 is 1.25 bits per heavy atom. The van der Waals surface area contributed by atoms with E-state index >= 15 is 0 Å². The molecular formula is C22H26N6O4. The van der Waals surface area contributed by atoms with E-state index in [1.165, 1.54) is 11.2 Å². The van der Waals surface area contributed by atoms with E-state index in [4.69, 9.17) is 14.2 Å². The largest absolute Gasteiger partial charge is 0.487 e. The zero-order valence-corrected chi connectivity index (χ0v) is 18.1. The number of benzene rings is 1. The molecule has 2 aliphatic rings.